The molecule has 32 heavy (non-hydrogen) atoms. The molecule has 5 rings (SSSR count). The molecule has 3 aromatic heterocycles. The molecule has 6 nitrogen and oxygen atoms in total. The van der Waals surface area contributed by atoms with Crippen molar-refractivity contribution >= 4 is 11.5 Å². The Labute approximate surface area is 188 Å². The number of ether oxygens (including phenoxy) is 1. The summed E-state index contributed by atoms with van der Waals surface area (Å²) in [5.41, 5.74) is 7.21. The van der Waals surface area contributed by atoms with Crippen LogP contribution in [0.1, 0.15) is 0 Å². The molecule has 0 atom stereocenters. The van der Waals surface area contributed by atoms with Crippen LogP contribution in [0.25, 0.3) is 33.6 Å². The van der Waals surface area contributed by atoms with Gasteiger partial charge < -0.3 is 15.0 Å². The lowest BCUT2D eigenvalue weighted by Crippen LogP contribution is -2.36. The highest BCUT2D eigenvalue weighted by atomic mass is 16.5. The van der Waals surface area contributed by atoms with E-state index in [0.717, 1.165) is 65.8 Å². The summed E-state index contributed by atoms with van der Waals surface area (Å²) in [6.45, 7) is 3.44. The van der Waals surface area contributed by atoms with Gasteiger partial charge in [-0.2, -0.15) is 0 Å². The zero-order valence-corrected chi connectivity index (χ0v) is 18.0. The lowest BCUT2D eigenvalue weighted by molar-refractivity contribution is 0.122. The van der Waals surface area contributed by atoms with Crippen molar-refractivity contribution in [3.8, 4) is 33.6 Å². The molecule has 1 saturated heterocycles. The van der Waals surface area contributed by atoms with Gasteiger partial charge >= 0.3 is 0 Å². The Bertz CT molecular complexity index is 1190. The molecule has 1 aliphatic heterocycles. The van der Waals surface area contributed by atoms with E-state index < -0.39 is 0 Å². The Morgan fingerprint density at radius 2 is 1.59 bits per heavy atom. The maximum Gasteiger partial charge on any atom is 0.127 e. The molecule has 0 bridgehead atoms. The molecule has 0 saturated carbocycles. The summed E-state index contributed by atoms with van der Waals surface area (Å²) in [4.78, 5) is 16.0. The van der Waals surface area contributed by atoms with E-state index >= 15 is 0 Å². The van der Waals surface area contributed by atoms with Crippen LogP contribution in [0.3, 0.4) is 0 Å². The summed E-state index contributed by atoms with van der Waals surface area (Å²) in [5.74, 6) is 0.795. The van der Waals surface area contributed by atoms with E-state index in [4.69, 9.17) is 4.74 Å². The zero-order chi connectivity index (χ0) is 21.8. The van der Waals surface area contributed by atoms with E-state index in [1.165, 1.54) is 5.69 Å². The predicted molar refractivity (Wildman–Crippen MR) is 129 cm³/mol. The molecule has 4 aromatic rings. The van der Waals surface area contributed by atoms with Gasteiger partial charge in [-0.05, 0) is 53.6 Å². The maximum atomic E-state index is 5.46. The van der Waals surface area contributed by atoms with Crippen LogP contribution in [-0.2, 0) is 4.74 Å². The van der Waals surface area contributed by atoms with Crippen molar-refractivity contribution in [3.05, 3.63) is 79.3 Å². The average molecular weight is 424 g/mol. The third-order valence-electron chi connectivity index (χ3n) is 5.66. The van der Waals surface area contributed by atoms with E-state index in [0.29, 0.717) is 0 Å². The molecule has 1 aromatic carbocycles. The van der Waals surface area contributed by atoms with Crippen LogP contribution in [0, 0.1) is 0 Å². The van der Waals surface area contributed by atoms with Gasteiger partial charge in [-0.1, -0.05) is 18.2 Å². The van der Waals surface area contributed by atoms with Gasteiger partial charge in [-0.15, -0.1) is 0 Å². The highest BCUT2D eigenvalue weighted by Gasteiger charge is 2.12. The van der Waals surface area contributed by atoms with Gasteiger partial charge in [-0.3, -0.25) is 9.97 Å². The Kier molecular flexibility index (Phi) is 5.77. The van der Waals surface area contributed by atoms with Crippen LogP contribution in [0.2, 0.25) is 0 Å². The van der Waals surface area contributed by atoms with Gasteiger partial charge in [-0.25, -0.2) is 4.98 Å². The van der Waals surface area contributed by atoms with E-state index in [2.05, 4.69) is 61.6 Å². The fourth-order valence-electron chi connectivity index (χ4n) is 3.91. The van der Waals surface area contributed by atoms with Crippen molar-refractivity contribution in [2.24, 2.45) is 0 Å². The highest BCUT2D eigenvalue weighted by molar-refractivity contribution is 5.76. The number of nitrogens with zero attached hydrogens (tertiary/aromatic N) is 4. The molecule has 1 aliphatic rings. The van der Waals surface area contributed by atoms with Gasteiger partial charge in [0.25, 0.3) is 0 Å². The molecule has 0 amide bonds. The van der Waals surface area contributed by atoms with Crippen molar-refractivity contribution in [3.63, 3.8) is 0 Å². The first kappa shape index (κ1) is 20.2. The molecular formula is C26H25N5O. The summed E-state index contributed by atoms with van der Waals surface area (Å²) < 4.78 is 5.46. The average Bonchev–Trinajstić information content (AvgIpc) is 2.89. The fraction of sp³-hybridized carbons (Fsp3) is 0.192. The van der Waals surface area contributed by atoms with E-state index in [-0.39, 0.29) is 0 Å². The van der Waals surface area contributed by atoms with Crippen molar-refractivity contribution in [1.82, 2.24) is 15.0 Å². The molecule has 0 radical (unpaired) electrons. The van der Waals surface area contributed by atoms with Crippen molar-refractivity contribution in [1.29, 1.82) is 0 Å². The normalized spacial score (nSPS) is 13.7. The monoisotopic (exact) mass is 423 g/mol. The van der Waals surface area contributed by atoms with Crippen LogP contribution in [0.5, 0.6) is 0 Å². The number of anilines is 2. The minimum absolute atomic E-state index is 0.786. The number of nitrogens with one attached hydrogen (secondary N) is 1. The number of aromatic nitrogens is 3. The number of morpholine rings is 1. The molecule has 4 heterocycles. The van der Waals surface area contributed by atoms with Crippen LogP contribution >= 0.6 is 0 Å². The molecule has 0 aliphatic carbocycles. The van der Waals surface area contributed by atoms with Crippen LogP contribution in [0.15, 0.2) is 79.3 Å². The summed E-state index contributed by atoms with van der Waals surface area (Å²) in [6, 6.07) is 20.8. The number of benzene rings is 1. The molecule has 160 valence electrons. The number of hydrogen-bond acceptors (Lipinski definition) is 6. The van der Waals surface area contributed by atoms with Gasteiger partial charge in [0.15, 0.2) is 0 Å². The maximum absolute atomic E-state index is 5.46. The third-order valence-corrected chi connectivity index (χ3v) is 5.66. The number of pyridine rings is 3. The molecule has 0 unspecified atom stereocenters. The van der Waals surface area contributed by atoms with Gasteiger partial charge in [0.2, 0.25) is 0 Å². The van der Waals surface area contributed by atoms with Crippen molar-refractivity contribution in [2.45, 2.75) is 0 Å². The summed E-state index contributed by atoms with van der Waals surface area (Å²) >= 11 is 0. The lowest BCUT2D eigenvalue weighted by atomic mass is 10.0. The van der Waals surface area contributed by atoms with Crippen LogP contribution in [0.4, 0.5) is 11.5 Å². The van der Waals surface area contributed by atoms with Crippen molar-refractivity contribution in [2.75, 3.05) is 43.6 Å². The largest absolute Gasteiger partial charge is 0.378 e. The smallest absolute Gasteiger partial charge is 0.127 e. The summed E-state index contributed by atoms with van der Waals surface area (Å²) in [5, 5.41) is 3.16. The zero-order valence-electron chi connectivity index (χ0n) is 18.0. The molecular weight excluding hydrogens is 398 g/mol. The molecule has 1 fully saturated rings. The predicted octanol–water partition coefficient (Wildman–Crippen LogP) is 4.75. The molecule has 6 heteroatoms. The second-order valence-corrected chi connectivity index (χ2v) is 7.70. The van der Waals surface area contributed by atoms with Crippen LogP contribution < -0.4 is 10.2 Å². The summed E-state index contributed by atoms with van der Waals surface area (Å²) in [7, 11) is 1.87. The number of rotatable bonds is 5. The SMILES string of the molecule is CNc1cc(-c2cncc(-c3ccc(N4CCOCC4)cc3)c2)cc(-c2ccccn2)n1. The first-order valence-electron chi connectivity index (χ1n) is 10.8. The molecule has 1 N–H and O–H groups in total. The lowest BCUT2D eigenvalue weighted by Gasteiger charge is -2.28. The molecule has 0 spiro atoms. The minimum Gasteiger partial charge on any atom is -0.378 e. The van der Waals surface area contributed by atoms with Crippen molar-refractivity contribution < 1.29 is 4.74 Å². The summed E-state index contributed by atoms with van der Waals surface area (Å²) in [6.07, 6.45) is 5.58. The first-order chi connectivity index (χ1) is 15.8. The van der Waals surface area contributed by atoms with Crippen LogP contribution in [-0.4, -0.2) is 48.3 Å². The first-order valence-corrected chi connectivity index (χ1v) is 10.8. The Hall–Kier alpha value is -3.77. The minimum atomic E-state index is 0.786. The third kappa shape index (κ3) is 4.31. The van der Waals surface area contributed by atoms with E-state index in [9.17, 15) is 0 Å². The van der Waals surface area contributed by atoms with E-state index in [1.807, 2.05) is 43.7 Å². The standard InChI is InChI=1S/C26H25N5O/c1-27-26-16-20(15-25(30-26)24-4-2-3-9-29-24)22-14-21(17-28-18-22)19-5-7-23(8-6-19)31-10-12-32-13-11-31/h2-9,14-18H,10-13H2,1H3,(H,27,30). The second kappa shape index (κ2) is 9.16. The van der Waals surface area contributed by atoms with E-state index in [1.54, 1.807) is 6.20 Å². The Balaban J connectivity index is 1.46. The number of hydrogen-bond donors (Lipinski definition) is 1. The fourth-order valence-corrected chi connectivity index (χ4v) is 3.91. The second-order valence-electron chi connectivity index (χ2n) is 7.70. The highest BCUT2D eigenvalue weighted by Crippen LogP contribution is 2.30. The Morgan fingerprint density at radius 3 is 2.31 bits per heavy atom. The quantitative estimate of drug-likeness (QED) is 0.500. The van der Waals surface area contributed by atoms with Gasteiger partial charge in [0, 0.05) is 55.5 Å². The van der Waals surface area contributed by atoms with Gasteiger partial charge in [0.1, 0.15) is 5.82 Å². The Morgan fingerprint density at radius 1 is 0.812 bits per heavy atom. The topological polar surface area (TPSA) is 63.2 Å². The van der Waals surface area contributed by atoms with Gasteiger partial charge in [0.05, 0.1) is 24.6 Å².